The summed E-state index contributed by atoms with van der Waals surface area (Å²) in [5, 5.41) is 0. The molecule has 0 aliphatic heterocycles. The maximum atomic E-state index is 10.7. The van der Waals surface area contributed by atoms with Gasteiger partial charge in [-0.1, -0.05) is 0 Å². The molecule has 3 N–H and O–H groups in total. The van der Waals surface area contributed by atoms with Gasteiger partial charge in [-0.25, -0.2) is 3.53 Å². The van der Waals surface area contributed by atoms with Crippen molar-refractivity contribution in [1.29, 1.82) is 0 Å². The van der Waals surface area contributed by atoms with Crippen molar-refractivity contribution in [3.05, 3.63) is 0 Å². The first kappa shape index (κ1) is 12.3. The Labute approximate surface area is 86.7 Å². The molecule has 0 unspecified atom stereocenters. The Kier molecular flexibility index (Phi) is 6.92. The third-order valence-electron chi connectivity index (χ3n) is 1.72. The lowest BCUT2D eigenvalue weighted by Gasteiger charge is -2.24. The second kappa shape index (κ2) is 6.76. The minimum absolute atomic E-state index is 0.653. The van der Waals surface area contributed by atoms with Gasteiger partial charge in [0, 0.05) is 30.0 Å². The molecule has 0 rings (SSSR count). The van der Waals surface area contributed by atoms with Crippen molar-refractivity contribution >= 4 is 29.2 Å². The van der Waals surface area contributed by atoms with Crippen LogP contribution in [0.4, 0.5) is 0 Å². The first-order valence-electron chi connectivity index (χ1n) is 3.84. The molecular weight excluding hydrogens is 271 g/mol. The molecule has 4 nitrogen and oxygen atoms in total. The smallest absolute Gasteiger partial charge is 0.183 e. The molecule has 5 heteroatoms. The van der Waals surface area contributed by atoms with Gasteiger partial charge in [-0.2, -0.15) is 0 Å². The molecule has 0 bridgehead atoms. The van der Waals surface area contributed by atoms with Gasteiger partial charge in [0.2, 0.25) is 0 Å². The molecule has 0 radical (unpaired) electrons. The van der Waals surface area contributed by atoms with E-state index < -0.39 is 5.72 Å². The second-order valence-electron chi connectivity index (χ2n) is 2.55. The van der Waals surface area contributed by atoms with Gasteiger partial charge in [0.05, 0.1) is 0 Å². The molecule has 0 aromatic carbocycles. The van der Waals surface area contributed by atoms with Gasteiger partial charge >= 0.3 is 0 Å². The van der Waals surface area contributed by atoms with Crippen LogP contribution in [0.3, 0.4) is 0 Å². The number of carbonyl (C=O) groups is 1. The average Bonchev–Trinajstić information content (AvgIpc) is 2.14. The SMILES string of the molecule is CO[C@](C=O)(CCCCN)NI. The highest BCUT2D eigenvalue weighted by Crippen LogP contribution is 2.13. The number of unbranched alkanes of at least 4 members (excludes halogenated alkanes) is 1. The summed E-state index contributed by atoms with van der Waals surface area (Å²) in [7, 11) is 1.52. The van der Waals surface area contributed by atoms with Crippen LogP contribution in [0.15, 0.2) is 0 Å². The Balaban J connectivity index is 3.84. The predicted octanol–water partition coefficient (Wildman–Crippen LogP) is 0.597. The predicted molar refractivity (Wildman–Crippen MR) is 55.9 cm³/mol. The molecule has 0 aromatic rings. The van der Waals surface area contributed by atoms with Crippen LogP contribution < -0.4 is 9.26 Å². The van der Waals surface area contributed by atoms with Crippen LogP contribution in [0, 0.1) is 0 Å². The third kappa shape index (κ3) is 3.79. The average molecular weight is 286 g/mol. The Bertz CT molecular complexity index is 129. The fourth-order valence-corrected chi connectivity index (χ4v) is 1.47. The first-order valence-corrected chi connectivity index (χ1v) is 4.92. The van der Waals surface area contributed by atoms with Gasteiger partial charge in [0.25, 0.3) is 0 Å². The standard InChI is InChI=1S/C7H15IN2O2/c1-12-7(6-11,10-8)4-2-3-5-9/h6,10H,2-5,9H2,1H3/t7-/m0/s1. The summed E-state index contributed by atoms with van der Waals surface area (Å²) in [5.74, 6) is 0. The summed E-state index contributed by atoms with van der Waals surface area (Å²) in [6.45, 7) is 0.653. The van der Waals surface area contributed by atoms with Crippen molar-refractivity contribution in [3.8, 4) is 0 Å². The van der Waals surface area contributed by atoms with Gasteiger partial charge in [-0.15, -0.1) is 0 Å². The second-order valence-corrected chi connectivity index (χ2v) is 3.09. The van der Waals surface area contributed by atoms with Gasteiger partial charge in [0.1, 0.15) is 0 Å². The minimum Gasteiger partial charge on any atom is -0.356 e. The summed E-state index contributed by atoms with van der Waals surface area (Å²) >= 11 is 1.92. The Hall–Kier alpha value is 0.280. The molecule has 0 aromatic heterocycles. The van der Waals surface area contributed by atoms with Crippen LogP contribution in [0.25, 0.3) is 0 Å². The van der Waals surface area contributed by atoms with Crippen LogP contribution in [-0.4, -0.2) is 25.7 Å². The third-order valence-corrected chi connectivity index (χ3v) is 2.63. The highest BCUT2D eigenvalue weighted by atomic mass is 127. The number of hydrogen-bond donors (Lipinski definition) is 2. The number of hydrogen-bond acceptors (Lipinski definition) is 4. The topological polar surface area (TPSA) is 64.3 Å². The number of aldehydes is 1. The summed E-state index contributed by atoms with van der Waals surface area (Å²) in [6, 6.07) is 0. The van der Waals surface area contributed by atoms with Crippen LogP contribution in [0.5, 0.6) is 0 Å². The van der Waals surface area contributed by atoms with E-state index in [-0.39, 0.29) is 0 Å². The van der Waals surface area contributed by atoms with E-state index in [2.05, 4.69) is 3.53 Å². The van der Waals surface area contributed by atoms with Crippen molar-refractivity contribution in [2.75, 3.05) is 13.7 Å². The van der Waals surface area contributed by atoms with Crippen molar-refractivity contribution in [2.24, 2.45) is 5.73 Å². The van der Waals surface area contributed by atoms with Crippen molar-refractivity contribution in [3.63, 3.8) is 0 Å². The molecule has 0 fully saturated rings. The lowest BCUT2D eigenvalue weighted by Crippen LogP contribution is -2.43. The molecule has 0 saturated carbocycles. The Morgan fingerprint density at radius 1 is 1.67 bits per heavy atom. The monoisotopic (exact) mass is 286 g/mol. The van der Waals surface area contributed by atoms with Gasteiger partial charge in [-0.05, 0) is 25.8 Å². The zero-order chi connectivity index (χ0) is 9.45. The van der Waals surface area contributed by atoms with Crippen LogP contribution in [-0.2, 0) is 9.53 Å². The van der Waals surface area contributed by atoms with E-state index in [9.17, 15) is 4.79 Å². The van der Waals surface area contributed by atoms with E-state index in [4.69, 9.17) is 10.5 Å². The number of rotatable bonds is 7. The normalized spacial score (nSPS) is 15.6. The lowest BCUT2D eigenvalue weighted by molar-refractivity contribution is -0.129. The number of methoxy groups -OCH3 is 1. The summed E-state index contributed by atoms with van der Waals surface area (Å²) in [6.07, 6.45) is 3.25. The van der Waals surface area contributed by atoms with Crippen molar-refractivity contribution in [1.82, 2.24) is 3.53 Å². The minimum atomic E-state index is -0.824. The van der Waals surface area contributed by atoms with E-state index in [0.29, 0.717) is 13.0 Å². The molecule has 0 aliphatic carbocycles. The highest BCUT2D eigenvalue weighted by Gasteiger charge is 2.26. The number of halogens is 1. The van der Waals surface area contributed by atoms with Gasteiger partial charge < -0.3 is 10.5 Å². The molecule has 0 aliphatic rings. The molecule has 0 spiro atoms. The van der Waals surface area contributed by atoms with E-state index in [1.807, 2.05) is 22.9 Å². The Morgan fingerprint density at radius 2 is 2.33 bits per heavy atom. The lowest BCUT2D eigenvalue weighted by atomic mass is 10.1. The maximum Gasteiger partial charge on any atom is 0.183 e. The first-order chi connectivity index (χ1) is 5.74. The van der Waals surface area contributed by atoms with Gasteiger partial charge in [-0.3, -0.25) is 4.79 Å². The Morgan fingerprint density at radius 3 is 2.67 bits per heavy atom. The summed E-state index contributed by atoms with van der Waals surface area (Å²) in [4.78, 5) is 10.7. The highest BCUT2D eigenvalue weighted by molar-refractivity contribution is 14.1. The summed E-state index contributed by atoms with van der Waals surface area (Å²) < 4.78 is 7.87. The molecule has 0 amide bonds. The van der Waals surface area contributed by atoms with Crippen molar-refractivity contribution in [2.45, 2.75) is 25.0 Å². The number of nitrogens with one attached hydrogen (secondary N) is 1. The molecule has 0 saturated heterocycles. The van der Waals surface area contributed by atoms with E-state index in [1.54, 1.807) is 0 Å². The molecule has 72 valence electrons. The molecule has 12 heavy (non-hydrogen) atoms. The van der Waals surface area contributed by atoms with Crippen LogP contribution >= 0.6 is 22.9 Å². The van der Waals surface area contributed by atoms with Crippen molar-refractivity contribution < 1.29 is 9.53 Å². The van der Waals surface area contributed by atoms with E-state index >= 15 is 0 Å². The number of nitrogens with two attached hydrogens (primary N) is 1. The number of ether oxygens (including phenoxy) is 1. The largest absolute Gasteiger partial charge is 0.356 e. The molecule has 1 atom stereocenters. The van der Waals surface area contributed by atoms with Gasteiger partial charge in [0.15, 0.2) is 12.0 Å². The fraction of sp³-hybridized carbons (Fsp3) is 0.857. The van der Waals surface area contributed by atoms with E-state index in [0.717, 1.165) is 19.1 Å². The molecule has 0 heterocycles. The molecular formula is C7H15IN2O2. The van der Waals surface area contributed by atoms with E-state index in [1.165, 1.54) is 7.11 Å². The summed E-state index contributed by atoms with van der Waals surface area (Å²) in [5.41, 5.74) is 4.51. The zero-order valence-corrected chi connectivity index (χ0v) is 9.34. The number of carbonyl (C=O) groups excluding carboxylic acids is 1. The zero-order valence-electron chi connectivity index (χ0n) is 7.18. The van der Waals surface area contributed by atoms with Crippen LogP contribution in [0.2, 0.25) is 0 Å². The van der Waals surface area contributed by atoms with Crippen LogP contribution in [0.1, 0.15) is 19.3 Å². The fourth-order valence-electron chi connectivity index (χ4n) is 0.849. The maximum absolute atomic E-state index is 10.7. The quantitative estimate of drug-likeness (QED) is 0.236.